The summed E-state index contributed by atoms with van der Waals surface area (Å²) in [4.78, 5) is 0. The Hall–Kier alpha value is -1.02. The maximum atomic E-state index is 5.70. The number of nitrogens with two attached hydrogens (primary N) is 1. The van der Waals surface area contributed by atoms with Gasteiger partial charge in [0.05, 0.1) is 0 Å². The van der Waals surface area contributed by atoms with E-state index in [0.717, 1.165) is 12.3 Å². The van der Waals surface area contributed by atoms with E-state index in [2.05, 4.69) is 12.1 Å². The van der Waals surface area contributed by atoms with Gasteiger partial charge in [-0.1, -0.05) is 18.2 Å². The summed E-state index contributed by atoms with van der Waals surface area (Å²) in [5.74, 6) is 2.25. The van der Waals surface area contributed by atoms with Gasteiger partial charge in [0.15, 0.2) is 0 Å². The maximum absolute atomic E-state index is 5.70. The lowest BCUT2D eigenvalue weighted by Gasteiger charge is -2.05. The number of ether oxygens (including phenoxy) is 1. The first-order chi connectivity index (χ1) is 5.92. The van der Waals surface area contributed by atoms with Crippen LogP contribution in [0.2, 0.25) is 0 Å². The van der Waals surface area contributed by atoms with Crippen LogP contribution in [0.3, 0.4) is 0 Å². The highest BCUT2D eigenvalue weighted by molar-refractivity contribution is 5.47. The van der Waals surface area contributed by atoms with Gasteiger partial charge < -0.3 is 10.5 Å². The standard InChI is InChI=1S/C10H11NO/c11-5-7-9-6-3-1-2-4-8(6)12-10(7)9/h1-4,7,9-10H,5,11H2. The molecule has 1 aliphatic heterocycles. The highest BCUT2D eigenvalue weighted by Crippen LogP contribution is 2.57. The lowest BCUT2D eigenvalue weighted by Crippen LogP contribution is -2.09. The SMILES string of the molecule is NCC1C2Oc3ccccc3C12. The minimum Gasteiger partial charge on any atom is -0.489 e. The van der Waals surface area contributed by atoms with E-state index in [0.29, 0.717) is 17.9 Å². The van der Waals surface area contributed by atoms with Gasteiger partial charge in [-0.2, -0.15) is 0 Å². The molecule has 3 rings (SSSR count). The first-order valence-corrected chi connectivity index (χ1v) is 4.37. The summed E-state index contributed by atoms with van der Waals surface area (Å²) < 4.78 is 5.70. The Morgan fingerprint density at radius 2 is 2.17 bits per heavy atom. The van der Waals surface area contributed by atoms with Crippen LogP contribution in [-0.2, 0) is 0 Å². The van der Waals surface area contributed by atoms with Gasteiger partial charge in [-0.15, -0.1) is 0 Å². The average molecular weight is 161 g/mol. The van der Waals surface area contributed by atoms with Crippen molar-refractivity contribution in [3.63, 3.8) is 0 Å². The Kier molecular flexibility index (Phi) is 1.09. The van der Waals surface area contributed by atoms with E-state index >= 15 is 0 Å². The van der Waals surface area contributed by atoms with Crippen LogP contribution in [-0.4, -0.2) is 12.6 Å². The molecule has 0 aromatic heterocycles. The van der Waals surface area contributed by atoms with E-state index in [9.17, 15) is 0 Å². The molecule has 2 heteroatoms. The van der Waals surface area contributed by atoms with Crippen molar-refractivity contribution in [1.82, 2.24) is 0 Å². The molecule has 1 fully saturated rings. The number of para-hydroxylation sites is 1. The molecule has 0 spiro atoms. The molecular formula is C10H11NO. The van der Waals surface area contributed by atoms with Gasteiger partial charge in [-0.3, -0.25) is 0 Å². The second kappa shape index (κ2) is 2.02. The fraction of sp³-hybridized carbons (Fsp3) is 0.400. The molecule has 1 aliphatic carbocycles. The van der Waals surface area contributed by atoms with Crippen LogP contribution >= 0.6 is 0 Å². The van der Waals surface area contributed by atoms with E-state index in [-0.39, 0.29) is 0 Å². The molecular weight excluding hydrogens is 150 g/mol. The topological polar surface area (TPSA) is 35.2 Å². The third kappa shape index (κ3) is 0.636. The fourth-order valence-corrected chi connectivity index (χ4v) is 2.20. The Balaban J connectivity index is 2.00. The number of benzene rings is 1. The smallest absolute Gasteiger partial charge is 0.123 e. The number of hydrogen-bond acceptors (Lipinski definition) is 2. The zero-order chi connectivity index (χ0) is 8.13. The largest absolute Gasteiger partial charge is 0.489 e. The van der Waals surface area contributed by atoms with Crippen LogP contribution in [0.15, 0.2) is 24.3 Å². The molecule has 2 aliphatic rings. The van der Waals surface area contributed by atoms with Crippen molar-refractivity contribution in [2.45, 2.75) is 12.0 Å². The summed E-state index contributed by atoms with van der Waals surface area (Å²) in [6.07, 6.45) is 0.396. The zero-order valence-electron chi connectivity index (χ0n) is 6.73. The predicted molar refractivity (Wildman–Crippen MR) is 46.1 cm³/mol. The molecule has 1 aromatic carbocycles. The van der Waals surface area contributed by atoms with Crippen molar-refractivity contribution in [3.05, 3.63) is 29.8 Å². The van der Waals surface area contributed by atoms with Gasteiger partial charge in [0.2, 0.25) is 0 Å². The van der Waals surface area contributed by atoms with Crippen LogP contribution in [0.25, 0.3) is 0 Å². The molecule has 0 amide bonds. The van der Waals surface area contributed by atoms with Gasteiger partial charge in [0, 0.05) is 17.4 Å². The molecule has 3 atom stereocenters. The molecule has 62 valence electrons. The molecule has 1 heterocycles. The zero-order valence-corrected chi connectivity index (χ0v) is 6.73. The first kappa shape index (κ1) is 6.49. The summed E-state index contributed by atoms with van der Waals surface area (Å²) in [6.45, 7) is 0.754. The molecule has 2 N–H and O–H groups in total. The minimum absolute atomic E-state index is 0.396. The Bertz CT molecular complexity index is 323. The van der Waals surface area contributed by atoms with Gasteiger partial charge in [-0.25, -0.2) is 0 Å². The van der Waals surface area contributed by atoms with E-state index in [1.165, 1.54) is 5.56 Å². The normalized spacial score (nSPS) is 35.2. The summed E-state index contributed by atoms with van der Waals surface area (Å²) in [5.41, 5.74) is 6.96. The Morgan fingerprint density at radius 1 is 1.33 bits per heavy atom. The van der Waals surface area contributed by atoms with Gasteiger partial charge in [0.1, 0.15) is 11.9 Å². The van der Waals surface area contributed by atoms with Crippen LogP contribution in [0, 0.1) is 5.92 Å². The quantitative estimate of drug-likeness (QED) is 0.669. The summed E-state index contributed by atoms with van der Waals surface area (Å²) >= 11 is 0. The van der Waals surface area contributed by atoms with Crippen molar-refractivity contribution in [3.8, 4) is 5.75 Å². The maximum Gasteiger partial charge on any atom is 0.123 e. The predicted octanol–water partition coefficient (Wildman–Crippen LogP) is 1.12. The molecule has 12 heavy (non-hydrogen) atoms. The van der Waals surface area contributed by atoms with E-state index in [1.807, 2.05) is 12.1 Å². The number of hydrogen-bond donors (Lipinski definition) is 1. The Morgan fingerprint density at radius 3 is 3.00 bits per heavy atom. The van der Waals surface area contributed by atoms with E-state index < -0.39 is 0 Å². The second-order valence-corrected chi connectivity index (χ2v) is 3.55. The van der Waals surface area contributed by atoms with E-state index in [1.54, 1.807) is 0 Å². The second-order valence-electron chi connectivity index (χ2n) is 3.55. The third-order valence-electron chi connectivity index (χ3n) is 2.91. The minimum atomic E-state index is 0.396. The van der Waals surface area contributed by atoms with E-state index in [4.69, 9.17) is 10.5 Å². The summed E-state index contributed by atoms with van der Waals surface area (Å²) in [5, 5.41) is 0. The highest BCUT2D eigenvalue weighted by atomic mass is 16.5. The molecule has 1 saturated carbocycles. The lowest BCUT2D eigenvalue weighted by atomic mass is 10.1. The van der Waals surface area contributed by atoms with Crippen LogP contribution < -0.4 is 10.5 Å². The molecule has 2 nitrogen and oxygen atoms in total. The van der Waals surface area contributed by atoms with Crippen molar-refractivity contribution < 1.29 is 4.74 Å². The van der Waals surface area contributed by atoms with Gasteiger partial charge in [-0.05, 0) is 12.6 Å². The third-order valence-corrected chi connectivity index (χ3v) is 2.91. The van der Waals surface area contributed by atoms with Crippen LogP contribution in [0.4, 0.5) is 0 Å². The fourth-order valence-electron chi connectivity index (χ4n) is 2.20. The van der Waals surface area contributed by atoms with Crippen LogP contribution in [0.1, 0.15) is 11.5 Å². The molecule has 3 unspecified atom stereocenters. The summed E-state index contributed by atoms with van der Waals surface area (Å²) in [7, 11) is 0. The van der Waals surface area contributed by atoms with Gasteiger partial charge >= 0.3 is 0 Å². The molecule has 0 saturated heterocycles. The van der Waals surface area contributed by atoms with Crippen molar-refractivity contribution in [2.24, 2.45) is 11.7 Å². The average Bonchev–Trinajstić information content (AvgIpc) is 2.68. The molecule has 0 bridgehead atoms. The summed E-state index contributed by atoms with van der Waals surface area (Å²) in [6, 6.07) is 8.27. The van der Waals surface area contributed by atoms with Crippen molar-refractivity contribution in [1.29, 1.82) is 0 Å². The van der Waals surface area contributed by atoms with Crippen molar-refractivity contribution >= 4 is 0 Å². The van der Waals surface area contributed by atoms with Crippen LogP contribution in [0.5, 0.6) is 5.75 Å². The Labute approximate surface area is 71.3 Å². The first-order valence-electron chi connectivity index (χ1n) is 4.37. The molecule has 1 aromatic rings. The number of rotatable bonds is 1. The number of fused-ring (bicyclic) bond motifs is 3. The van der Waals surface area contributed by atoms with Gasteiger partial charge in [0.25, 0.3) is 0 Å². The molecule has 0 radical (unpaired) electrons. The monoisotopic (exact) mass is 161 g/mol. The van der Waals surface area contributed by atoms with Crippen molar-refractivity contribution in [2.75, 3.05) is 6.54 Å². The highest BCUT2D eigenvalue weighted by Gasteiger charge is 2.57. The lowest BCUT2D eigenvalue weighted by molar-refractivity contribution is 0.297.